The lowest BCUT2D eigenvalue weighted by Crippen LogP contribution is -2.54. The van der Waals surface area contributed by atoms with Crippen molar-refractivity contribution in [3.63, 3.8) is 0 Å². The van der Waals surface area contributed by atoms with E-state index in [0.29, 0.717) is 12.1 Å². The summed E-state index contributed by atoms with van der Waals surface area (Å²) in [5.41, 5.74) is 1.44. The van der Waals surface area contributed by atoms with Gasteiger partial charge in [0.05, 0.1) is 0 Å². The molecule has 2 nitrogen and oxygen atoms in total. The van der Waals surface area contributed by atoms with Gasteiger partial charge in [0.25, 0.3) is 0 Å². The molecule has 1 heterocycles. The van der Waals surface area contributed by atoms with E-state index >= 15 is 0 Å². The Bertz CT molecular complexity index is 355. The first-order chi connectivity index (χ1) is 9.29. The molecule has 0 spiro atoms. The Kier molecular flexibility index (Phi) is 6.21. The summed E-state index contributed by atoms with van der Waals surface area (Å²) in [6.07, 6.45) is 1.14. The quantitative estimate of drug-likeness (QED) is 0.861. The van der Waals surface area contributed by atoms with E-state index in [1.165, 1.54) is 30.2 Å². The minimum atomic E-state index is 0.602. The van der Waals surface area contributed by atoms with Crippen molar-refractivity contribution in [2.24, 2.45) is 0 Å². The number of benzene rings is 1. The largest absolute Gasteiger partial charge is 0.311 e. The van der Waals surface area contributed by atoms with Crippen LogP contribution in [0.2, 0.25) is 0 Å². The first kappa shape index (κ1) is 14.9. The molecule has 0 radical (unpaired) electrons. The Morgan fingerprint density at radius 1 is 1.37 bits per heavy atom. The van der Waals surface area contributed by atoms with Gasteiger partial charge in [-0.15, -0.1) is 0 Å². The highest BCUT2D eigenvalue weighted by molar-refractivity contribution is 7.99. The molecule has 106 valence electrons. The average molecular weight is 278 g/mol. The van der Waals surface area contributed by atoms with Gasteiger partial charge in [0.15, 0.2) is 0 Å². The summed E-state index contributed by atoms with van der Waals surface area (Å²) in [7, 11) is 0. The topological polar surface area (TPSA) is 15.3 Å². The van der Waals surface area contributed by atoms with E-state index in [2.05, 4.69) is 66.2 Å². The van der Waals surface area contributed by atoms with Crippen molar-refractivity contribution in [1.29, 1.82) is 0 Å². The van der Waals surface area contributed by atoms with Crippen LogP contribution in [0, 0.1) is 0 Å². The maximum atomic E-state index is 3.66. The SMILES string of the molecule is CCSCC(C)N1CCNC(Cc2ccccc2)C1. The summed E-state index contributed by atoms with van der Waals surface area (Å²) in [6.45, 7) is 8.11. The standard InChI is InChI=1S/C16H26N2S/c1-3-19-13-14(2)18-10-9-17-16(12-18)11-15-7-5-4-6-8-15/h4-8,14,16-17H,3,9-13H2,1-2H3. The Labute approximate surface area is 122 Å². The number of rotatable bonds is 6. The molecule has 1 aromatic carbocycles. The molecule has 1 aliphatic rings. The van der Waals surface area contributed by atoms with E-state index in [4.69, 9.17) is 0 Å². The second-order valence-electron chi connectivity index (χ2n) is 5.34. The predicted molar refractivity (Wildman–Crippen MR) is 86.0 cm³/mol. The fourth-order valence-electron chi connectivity index (χ4n) is 2.68. The van der Waals surface area contributed by atoms with E-state index in [1.807, 2.05) is 0 Å². The van der Waals surface area contributed by atoms with Crippen LogP contribution in [0.1, 0.15) is 19.4 Å². The zero-order valence-corrected chi connectivity index (χ0v) is 13.0. The molecular formula is C16H26N2S. The van der Waals surface area contributed by atoms with Crippen LogP contribution >= 0.6 is 11.8 Å². The van der Waals surface area contributed by atoms with Crippen LogP contribution in [0.3, 0.4) is 0 Å². The lowest BCUT2D eigenvalue weighted by Gasteiger charge is -2.37. The molecule has 2 unspecified atom stereocenters. The number of nitrogens with one attached hydrogen (secondary N) is 1. The summed E-state index contributed by atoms with van der Waals surface area (Å²) in [4.78, 5) is 2.65. The van der Waals surface area contributed by atoms with Crippen molar-refractivity contribution in [1.82, 2.24) is 10.2 Å². The molecule has 0 aliphatic carbocycles. The molecule has 0 amide bonds. The Hall–Kier alpha value is -0.510. The van der Waals surface area contributed by atoms with Crippen molar-refractivity contribution in [3.8, 4) is 0 Å². The molecule has 0 saturated carbocycles. The smallest absolute Gasteiger partial charge is 0.0236 e. The number of piperazine rings is 1. The van der Waals surface area contributed by atoms with E-state index < -0.39 is 0 Å². The van der Waals surface area contributed by atoms with E-state index in [-0.39, 0.29) is 0 Å². The maximum absolute atomic E-state index is 3.66. The summed E-state index contributed by atoms with van der Waals surface area (Å²) >= 11 is 2.05. The van der Waals surface area contributed by atoms with Crippen LogP contribution in [0.5, 0.6) is 0 Å². The van der Waals surface area contributed by atoms with E-state index in [9.17, 15) is 0 Å². The number of hydrogen-bond acceptors (Lipinski definition) is 3. The van der Waals surface area contributed by atoms with Crippen LogP contribution in [-0.4, -0.2) is 48.1 Å². The van der Waals surface area contributed by atoms with Gasteiger partial charge in [0, 0.05) is 37.5 Å². The fraction of sp³-hybridized carbons (Fsp3) is 0.625. The van der Waals surface area contributed by atoms with Gasteiger partial charge >= 0.3 is 0 Å². The number of thioether (sulfide) groups is 1. The summed E-state index contributed by atoms with van der Waals surface area (Å²) in [6, 6.07) is 12.1. The third-order valence-corrected chi connectivity index (χ3v) is 4.92. The first-order valence-corrected chi connectivity index (χ1v) is 8.54. The van der Waals surface area contributed by atoms with Gasteiger partial charge in [-0.2, -0.15) is 11.8 Å². The Morgan fingerprint density at radius 3 is 2.89 bits per heavy atom. The Balaban J connectivity index is 1.83. The third-order valence-electron chi connectivity index (χ3n) is 3.80. The van der Waals surface area contributed by atoms with Crippen LogP contribution in [0.4, 0.5) is 0 Å². The predicted octanol–water partition coefficient (Wildman–Crippen LogP) is 2.64. The molecule has 2 atom stereocenters. The van der Waals surface area contributed by atoms with Crippen molar-refractivity contribution >= 4 is 11.8 Å². The average Bonchev–Trinajstić information content (AvgIpc) is 2.46. The van der Waals surface area contributed by atoms with Gasteiger partial charge in [-0.05, 0) is 24.7 Å². The van der Waals surface area contributed by atoms with Crippen molar-refractivity contribution in [2.45, 2.75) is 32.4 Å². The lowest BCUT2D eigenvalue weighted by molar-refractivity contribution is 0.164. The normalized spacial score (nSPS) is 22.3. The second kappa shape index (κ2) is 7.93. The van der Waals surface area contributed by atoms with Crippen LogP contribution in [-0.2, 0) is 6.42 Å². The fourth-order valence-corrected chi connectivity index (χ4v) is 3.47. The molecule has 2 rings (SSSR count). The van der Waals surface area contributed by atoms with Gasteiger partial charge in [-0.25, -0.2) is 0 Å². The number of hydrogen-bond donors (Lipinski definition) is 1. The number of nitrogens with zero attached hydrogens (tertiary/aromatic N) is 1. The monoisotopic (exact) mass is 278 g/mol. The van der Waals surface area contributed by atoms with Gasteiger partial charge in [0.1, 0.15) is 0 Å². The van der Waals surface area contributed by atoms with Gasteiger partial charge in [-0.1, -0.05) is 37.3 Å². The molecule has 1 aromatic rings. The van der Waals surface area contributed by atoms with E-state index in [1.54, 1.807) is 0 Å². The van der Waals surface area contributed by atoms with Gasteiger partial charge < -0.3 is 5.32 Å². The highest BCUT2D eigenvalue weighted by Gasteiger charge is 2.22. The summed E-state index contributed by atoms with van der Waals surface area (Å²) < 4.78 is 0. The molecular weight excluding hydrogens is 252 g/mol. The molecule has 0 aromatic heterocycles. The van der Waals surface area contributed by atoms with Gasteiger partial charge in [-0.3, -0.25) is 4.90 Å². The van der Waals surface area contributed by atoms with Gasteiger partial charge in [0.2, 0.25) is 0 Å². The molecule has 3 heteroatoms. The second-order valence-corrected chi connectivity index (χ2v) is 6.66. The molecule has 1 N–H and O–H groups in total. The minimum absolute atomic E-state index is 0.602. The highest BCUT2D eigenvalue weighted by atomic mass is 32.2. The van der Waals surface area contributed by atoms with Crippen molar-refractivity contribution in [3.05, 3.63) is 35.9 Å². The molecule has 0 bridgehead atoms. The zero-order valence-electron chi connectivity index (χ0n) is 12.1. The van der Waals surface area contributed by atoms with Crippen molar-refractivity contribution in [2.75, 3.05) is 31.1 Å². The van der Waals surface area contributed by atoms with E-state index in [0.717, 1.165) is 13.0 Å². The van der Waals surface area contributed by atoms with Crippen LogP contribution < -0.4 is 5.32 Å². The minimum Gasteiger partial charge on any atom is -0.311 e. The van der Waals surface area contributed by atoms with Crippen LogP contribution in [0.15, 0.2) is 30.3 Å². The summed E-state index contributed by atoms with van der Waals surface area (Å²) in [5.74, 6) is 2.48. The maximum Gasteiger partial charge on any atom is 0.0236 e. The molecule has 1 aliphatic heterocycles. The highest BCUT2D eigenvalue weighted by Crippen LogP contribution is 2.13. The first-order valence-electron chi connectivity index (χ1n) is 7.38. The molecule has 1 saturated heterocycles. The molecule has 19 heavy (non-hydrogen) atoms. The molecule has 1 fully saturated rings. The summed E-state index contributed by atoms with van der Waals surface area (Å²) in [5, 5.41) is 3.66. The van der Waals surface area contributed by atoms with Crippen LogP contribution in [0.25, 0.3) is 0 Å². The zero-order chi connectivity index (χ0) is 13.5. The Morgan fingerprint density at radius 2 is 2.16 bits per heavy atom. The van der Waals surface area contributed by atoms with Crippen molar-refractivity contribution < 1.29 is 0 Å². The third kappa shape index (κ3) is 4.83. The lowest BCUT2D eigenvalue weighted by atomic mass is 10.0.